The van der Waals surface area contributed by atoms with Gasteiger partial charge in [-0.1, -0.05) is 17.4 Å². The Morgan fingerprint density at radius 1 is 1.00 bits per heavy atom. The van der Waals surface area contributed by atoms with E-state index in [4.69, 9.17) is 18.9 Å². The third-order valence-corrected chi connectivity index (χ3v) is 7.50. The molecule has 10 nitrogen and oxygen atoms in total. The van der Waals surface area contributed by atoms with Crippen LogP contribution in [0, 0.1) is 13.8 Å². The zero-order chi connectivity index (χ0) is 29.1. The number of methoxy groups -OCH3 is 2. The van der Waals surface area contributed by atoms with E-state index < -0.39 is 23.7 Å². The maximum atomic E-state index is 13.5. The first kappa shape index (κ1) is 28.6. The highest BCUT2D eigenvalue weighted by atomic mass is 32.1. The highest BCUT2D eigenvalue weighted by Crippen LogP contribution is 2.45. The molecule has 1 aliphatic rings. The molecule has 2 heterocycles. The zero-order valence-electron chi connectivity index (χ0n) is 23.1. The lowest BCUT2D eigenvalue weighted by Crippen LogP contribution is -2.29. The number of esters is 1. The Hall–Kier alpha value is -4.38. The molecule has 1 amide bonds. The molecule has 3 aromatic rings. The molecule has 0 aliphatic carbocycles. The topological polar surface area (TPSA) is 124 Å². The molecular weight excluding hydrogens is 536 g/mol. The van der Waals surface area contributed by atoms with E-state index in [9.17, 15) is 19.5 Å². The Balaban J connectivity index is 1.95. The van der Waals surface area contributed by atoms with Crippen LogP contribution in [0.25, 0.3) is 5.76 Å². The van der Waals surface area contributed by atoms with Gasteiger partial charge < -0.3 is 24.1 Å². The molecule has 1 aromatic heterocycles. The Bertz CT molecular complexity index is 1510. The number of nitrogens with zero attached hydrogens (tertiary/aromatic N) is 2. The molecule has 0 unspecified atom stereocenters. The minimum Gasteiger partial charge on any atom is -0.507 e. The molecule has 4 rings (SSSR count). The molecule has 2 aromatic carbocycles. The number of ketones is 1. The Morgan fingerprint density at radius 3 is 2.33 bits per heavy atom. The third kappa shape index (κ3) is 5.12. The van der Waals surface area contributed by atoms with Gasteiger partial charge in [-0.05, 0) is 69.2 Å². The molecule has 0 spiro atoms. The number of hydrogen-bond acceptors (Lipinski definition) is 10. The van der Waals surface area contributed by atoms with Crippen molar-refractivity contribution in [2.45, 2.75) is 33.7 Å². The van der Waals surface area contributed by atoms with E-state index in [-0.39, 0.29) is 27.9 Å². The second-order valence-corrected chi connectivity index (χ2v) is 9.81. The SMILES string of the molecule is CCOC(=O)c1sc(N2C(=O)C(=O)C(=C(O)c3ccc(OC)c(C)c3)[C@H]2c2ccc(OCC)c(OC)c2)nc1C. The number of carbonyl (C=O) groups excluding carboxylic acids is 3. The molecule has 1 fully saturated rings. The monoisotopic (exact) mass is 566 g/mol. The van der Waals surface area contributed by atoms with Gasteiger partial charge in [0.05, 0.1) is 44.7 Å². The summed E-state index contributed by atoms with van der Waals surface area (Å²) >= 11 is 0.938. The van der Waals surface area contributed by atoms with Crippen molar-refractivity contribution in [3.8, 4) is 17.2 Å². The van der Waals surface area contributed by atoms with Crippen LogP contribution in [0.4, 0.5) is 5.13 Å². The van der Waals surface area contributed by atoms with E-state index in [1.54, 1.807) is 57.2 Å². The van der Waals surface area contributed by atoms with Crippen molar-refractivity contribution in [2.75, 3.05) is 32.3 Å². The van der Waals surface area contributed by atoms with Crippen molar-refractivity contribution in [3.05, 3.63) is 69.2 Å². The van der Waals surface area contributed by atoms with Gasteiger partial charge >= 0.3 is 11.9 Å². The number of aryl methyl sites for hydroxylation is 2. The van der Waals surface area contributed by atoms with Crippen molar-refractivity contribution >= 4 is 39.9 Å². The summed E-state index contributed by atoms with van der Waals surface area (Å²) in [6.45, 7) is 7.53. The number of hydrogen-bond donors (Lipinski definition) is 1. The minimum atomic E-state index is -1.08. The summed E-state index contributed by atoms with van der Waals surface area (Å²) in [7, 11) is 3.02. The Labute approximate surface area is 235 Å². The van der Waals surface area contributed by atoms with Crippen LogP contribution in [0.2, 0.25) is 0 Å². The van der Waals surface area contributed by atoms with E-state index in [2.05, 4.69) is 4.98 Å². The molecule has 40 heavy (non-hydrogen) atoms. The van der Waals surface area contributed by atoms with E-state index in [1.807, 2.05) is 6.92 Å². The minimum absolute atomic E-state index is 0.116. The molecule has 1 aliphatic heterocycles. The molecular formula is C29H30N2O8S. The molecule has 1 N–H and O–H groups in total. The number of ether oxygens (including phenoxy) is 4. The third-order valence-electron chi connectivity index (χ3n) is 6.37. The van der Waals surface area contributed by atoms with E-state index in [0.29, 0.717) is 40.7 Å². The van der Waals surface area contributed by atoms with Crippen molar-refractivity contribution < 1.29 is 38.4 Å². The van der Waals surface area contributed by atoms with Crippen LogP contribution in [0.5, 0.6) is 17.2 Å². The predicted molar refractivity (Wildman–Crippen MR) is 149 cm³/mol. The molecule has 1 atom stereocenters. The van der Waals surface area contributed by atoms with Crippen molar-refractivity contribution in [1.82, 2.24) is 4.98 Å². The van der Waals surface area contributed by atoms with Gasteiger partial charge in [0.2, 0.25) is 0 Å². The summed E-state index contributed by atoms with van der Waals surface area (Å²) in [5, 5.41) is 11.6. The number of aromatic nitrogens is 1. The van der Waals surface area contributed by atoms with Gasteiger partial charge in [0, 0.05) is 5.56 Å². The highest BCUT2D eigenvalue weighted by molar-refractivity contribution is 7.17. The van der Waals surface area contributed by atoms with E-state index in [1.165, 1.54) is 19.1 Å². The second kappa shape index (κ2) is 11.8. The maximum absolute atomic E-state index is 13.5. The molecule has 210 valence electrons. The smallest absolute Gasteiger partial charge is 0.350 e. The van der Waals surface area contributed by atoms with Gasteiger partial charge in [-0.25, -0.2) is 9.78 Å². The van der Waals surface area contributed by atoms with Crippen molar-refractivity contribution in [1.29, 1.82) is 0 Å². The van der Waals surface area contributed by atoms with Crippen molar-refractivity contribution in [3.63, 3.8) is 0 Å². The predicted octanol–water partition coefficient (Wildman–Crippen LogP) is 4.98. The lowest BCUT2D eigenvalue weighted by molar-refractivity contribution is -0.132. The number of aliphatic hydroxyl groups excluding tert-OH is 1. The van der Waals surface area contributed by atoms with E-state index in [0.717, 1.165) is 16.9 Å². The summed E-state index contributed by atoms with van der Waals surface area (Å²) in [4.78, 5) is 45.4. The number of thiazole rings is 1. The fourth-order valence-corrected chi connectivity index (χ4v) is 5.51. The first-order valence-electron chi connectivity index (χ1n) is 12.6. The van der Waals surface area contributed by atoms with Gasteiger partial charge in [0.25, 0.3) is 5.78 Å². The average Bonchev–Trinajstić information content (AvgIpc) is 3.45. The summed E-state index contributed by atoms with van der Waals surface area (Å²) in [6.07, 6.45) is 0. The van der Waals surface area contributed by atoms with Gasteiger partial charge in [-0.15, -0.1) is 0 Å². The average molecular weight is 567 g/mol. The number of rotatable bonds is 9. The molecule has 0 radical (unpaired) electrons. The normalized spacial score (nSPS) is 16.2. The fourth-order valence-electron chi connectivity index (χ4n) is 4.53. The van der Waals surface area contributed by atoms with Crippen LogP contribution in [-0.2, 0) is 14.3 Å². The van der Waals surface area contributed by atoms with Gasteiger partial charge in [0.1, 0.15) is 16.4 Å². The highest BCUT2D eigenvalue weighted by Gasteiger charge is 2.48. The zero-order valence-corrected chi connectivity index (χ0v) is 23.9. The van der Waals surface area contributed by atoms with Gasteiger partial charge in [-0.3, -0.25) is 14.5 Å². The summed E-state index contributed by atoms with van der Waals surface area (Å²) in [6, 6.07) is 8.88. The molecule has 1 saturated heterocycles. The first-order valence-corrected chi connectivity index (χ1v) is 13.4. The van der Waals surface area contributed by atoms with Crippen LogP contribution in [-0.4, -0.2) is 55.2 Å². The Kier molecular flexibility index (Phi) is 8.43. The van der Waals surface area contributed by atoms with E-state index >= 15 is 0 Å². The number of anilines is 1. The quantitative estimate of drug-likeness (QED) is 0.165. The lowest BCUT2D eigenvalue weighted by atomic mass is 9.94. The van der Waals surface area contributed by atoms with Gasteiger partial charge in [0.15, 0.2) is 16.6 Å². The number of Topliss-reactive ketones (excluding diaryl/α,β-unsaturated/α-hetero) is 1. The fraction of sp³-hybridized carbons (Fsp3) is 0.310. The summed E-state index contributed by atoms with van der Waals surface area (Å²) in [5.41, 5.74) is 1.76. The number of amides is 1. The summed E-state index contributed by atoms with van der Waals surface area (Å²) in [5.74, 6) is -1.26. The van der Waals surface area contributed by atoms with Crippen LogP contribution in [0.1, 0.15) is 51.9 Å². The van der Waals surface area contributed by atoms with Crippen LogP contribution >= 0.6 is 11.3 Å². The largest absolute Gasteiger partial charge is 0.507 e. The van der Waals surface area contributed by atoms with Gasteiger partial charge in [-0.2, -0.15) is 0 Å². The standard InChI is InChI=1S/C29H30N2O8S/c1-7-38-20-12-9-17(14-21(20)37-6)23-22(24(32)18-10-11-19(36-5)15(3)13-18)25(33)27(34)31(23)29-30-16(4)26(40-29)28(35)39-8-2/h9-14,23,32H,7-8H2,1-6H3/t23-/m1/s1. The lowest BCUT2D eigenvalue weighted by Gasteiger charge is -2.24. The molecule has 11 heteroatoms. The Morgan fingerprint density at radius 2 is 1.70 bits per heavy atom. The van der Waals surface area contributed by atoms with Crippen LogP contribution in [0.3, 0.4) is 0 Å². The number of carbonyl (C=O) groups is 3. The number of benzene rings is 2. The summed E-state index contributed by atoms with van der Waals surface area (Å²) < 4.78 is 21.6. The number of aliphatic hydroxyl groups is 1. The molecule has 0 bridgehead atoms. The second-order valence-electron chi connectivity index (χ2n) is 8.83. The van der Waals surface area contributed by atoms with Crippen molar-refractivity contribution in [2.24, 2.45) is 0 Å². The molecule has 0 saturated carbocycles. The van der Waals surface area contributed by atoms with Crippen LogP contribution in [0.15, 0.2) is 42.0 Å². The van der Waals surface area contributed by atoms with Crippen LogP contribution < -0.4 is 19.1 Å². The first-order chi connectivity index (χ1) is 19.2. The maximum Gasteiger partial charge on any atom is 0.350 e.